The quantitative estimate of drug-likeness (QED) is 0.408. The Hall–Kier alpha value is -3.99. The van der Waals surface area contributed by atoms with Gasteiger partial charge in [0.1, 0.15) is 17.1 Å². The van der Waals surface area contributed by atoms with E-state index in [9.17, 15) is 15.0 Å². The fourth-order valence-corrected chi connectivity index (χ4v) is 3.47. The van der Waals surface area contributed by atoms with Crippen molar-refractivity contribution in [3.05, 3.63) is 83.0 Å². The Balaban J connectivity index is 1.90. The number of benzene rings is 3. The highest BCUT2D eigenvalue weighted by atomic mass is 16.3. The van der Waals surface area contributed by atoms with Crippen molar-refractivity contribution in [2.24, 2.45) is 0 Å². The second-order valence-electron chi connectivity index (χ2n) is 6.62. The molecule has 3 aromatic carbocycles. The molecule has 28 heavy (non-hydrogen) atoms. The van der Waals surface area contributed by atoms with Gasteiger partial charge in [-0.05, 0) is 54.1 Å². The lowest BCUT2D eigenvalue weighted by Crippen LogP contribution is -1.92. The van der Waals surface area contributed by atoms with Crippen molar-refractivity contribution in [2.45, 2.75) is 0 Å². The topological polar surface area (TPSA) is 86.5 Å². The van der Waals surface area contributed by atoms with Crippen LogP contribution in [-0.2, 0) is 0 Å². The Bertz CT molecular complexity index is 1390. The monoisotopic (exact) mass is 369 g/mol. The van der Waals surface area contributed by atoms with Gasteiger partial charge in [0.05, 0.1) is 5.52 Å². The molecule has 5 rings (SSSR count). The number of hydrogen-bond donors (Lipinski definition) is 3. The molecule has 5 nitrogen and oxygen atoms in total. The van der Waals surface area contributed by atoms with Crippen LogP contribution in [0.25, 0.3) is 44.5 Å². The third-order valence-corrected chi connectivity index (χ3v) is 4.83. The van der Waals surface area contributed by atoms with Crippen molar-refractivity contribution in [1.82, 2.24) is 4.98 Å². The third-order valence-electron chi connectivity index (χ3n) is 4.83. The van der Waals surface area contributed by atoms with Gasteiger partial charge in [-0.1, -0.05) is 18.2 Å². The number of rotatable bonds is 2. The lowest BCUT2D eigenvalue weighted by atomic mass is 10.0. The largest absolute Gasteiger partial charge is 0.508 e. The molecule has 2 aromatic heterocycles. The summed E-state index contributed by atoms with van der Waals surface area (Å²) in [5.41, 5.74) is 4.64. The van der Waals surface area contributed by atoms with E-state index >= 15 is 0 Å². The smallest absolute Gasteiger partial charge is 0.182 e. The molecule has 0 aliphatic rings. The minimum Gasteiger partial charge on any atom is -0.508 e. The summed E-state index contributed by atoms with van der Waals surface area (Å²) in [5.74, 6) is 0.319. The van der Waals surface area contributed by atoms with Gasteiger partial charge in [-0.15, -0.1) is 0 Å². The van der Waals surface area contributed by atoms with Crippen LogP contribution in [0.5, 0.6) is 11.5 Å². The Morgan fingerprint density at radius 1 is 0.821 bits per heavy atom. The van der Waals surface area contributed by atoms with Gasteiger partial charge in [0.15, 0.2) is 11.0 Å². The Morgan fingerprint density at radius 2 is 1.61 bits per heavy atom. The first kappa shape index (κ1) is 16.2. The van der Waals surface area contributed by atoms with Gasteiger partial charge < -0.3 is 19.6 Å². The zero-order chi connectivity index (χ0) is 19.3. The van der Waals surface area contributed by atoms with E-state index in [1.54, 1.807) is 42.5 Å². The first-order valence-electron chi connectivity index (χ1n) is 8.77. The molecule has 136 valence electrons. The summed E-state index contributed by atoms with van der Waals surface area (Å²) in [7, 11) is 0. The average Bonchev–Trinajstić information content (AvgIpc) is 3.06. The molecule has 2 heterocycles. The first-order chi connectivity index (χ1) is 13.6. The van der Waals surface area contributed by atoms with Crippen molar-refractivity contribution in [3.63, 3.8) is 0 Å². The molecule has 0 radical (unpaired) electrons. The zero-order valence-electron chi connectivity index (χ0n) is 14.6. The molecule has 0 aliphatic carbocycles. The number of nitrogens with one attached hydrogen (secondary N) is 1. The predicted molar refractivity (Wildman–Crippen MR) is 109 cm³/mol. The van der Waals surface area contributed by atoms with E-state index in [0.29, 0.717) is 22.3 Å². The summed E-state index contributed by atoms with van der Waals surface area (Å²) >= 11 is 0. The van der Waals surface area contributed by atoms with Crippen molar-refractivity contribution >= 4 is 22.1 Å². The third kappa shape index (κ3) is 2.53. The number of hydrogen-bond acceptors (Lipinski definition) is 4. The molecule has 0 saturated heterocycles. The van der Waals surface area contributed by atoms with Gasteiger partial charge in [0.2, 0.25) is 0 Å². The van der Waals surface area contributed by atoms with Gasteiger partial charge in [-0.2, -0.15) is 0 Å². The summed E-state index contributed by atoms with van der Waals surface area (Å²) in [5, 5.41) is 20.8. The molecule has 0 atom stereocenters. The fraction of sp³-hybridized carbons (Fsp3) is 0. The number of fused-ring (bicyclic) bond motifs is 3. The Labute approximate surface area is 159 Å². The standard InChI is InChI=1S/C23H15NO4/c25-14-7-5-13(6-8-14)19-12-18(16-3-1-2-4-20(16)27)23-22(24-19)17-10-9-15(26)11-21(17)28-23/h1-12,24-25,27H. The van der Waals surface area contributed by atoms with Crippen molar-refractivity contribution < 1.29 is 14.6 Å². The second-order valence-corrected chi connectivity index (χ2v) is 6.62. The van der Waals surface area contributed by atoms with E-state index in [1.165, 1.54) is 12.1 Å². The van der Waals surface area contributed by atoms with Gasteiger partial charge >= 0.3 is 0 Å². The molecule has 0 unspecified atom stereocenters. The lowest BCUT2D eigenvalue weighted by Gasteiger charge is -2.10. The number of aromatic nitrogens is 1. The fourth-order valence-electron chi connectivity index (χ4n) is 3.47. The second kappa shape index (κ2) is 6.03. The zero-order valence-corrected chi connectivity index (χ0v) is 14.6. The van der Waals surface area contributed by atoms with Crippen LogP contribution in [0.1, 0.15) is 0 Å². The number of phenols is 2. The van der Waals surface area contributed by atoms with E-state index in [0.717, 1.165) is 22.2 Å². The van der Waals surface area contributed by atoms with E-state index in [1.807, 2.05) is 18.2 Å². The number of pyridine rings is 1. The summed E-state index contributed by atoms with van der Waals surface area (Å²) in [6, 6.07) is 20.5. The molecule has 5 heteroatoms. The van der Waals surface area contributed by atoms with Crippen LogP contribution in [0.3, 0.4) is 0 Å². The van der Waals surface area contributed by atoms with Crippen LogP contribution < -0.4 is 5.43 Å². The number of aromatic amines is 1. The summed E-state index contributed by atoms with van der Waals surface area (Å²) < 4.78 is 6.00. The van der Waals surface area contributed by atoms with Crippen LogP contribution in [0, 0.1) is 0 Å². The number of H-pyrrole nitrogens is 1. The molecule has 0 saturated carbocycles. The highest BCUT2D eigenvalue weighted by molar-refractivity contribution is 6.08. The van der Waals surface area contributed by atoms with Crippen LogP contribution in [0.4, 0.5) is 0 Å². The maximum absolute atomic E-state index is 11.8. The maximum atomic E-state index is 11.8. The Kier molecular flexibility index (Phi) is 3.49. The number of aromatic hydroxyl groups is 2. The molecule has 3 N–H and O–H groups in total. The van der Waals surface area contributed by atoms with Gasteiger partial charge in [-0.3, -0.25) is 4.79 Å². The van der Waals surface area contributed by atoms with Crippen molar-refractivity contribution in [1.29, 1.82) is 0 Å². The van der Waals surface area contributed by atoms with Gasteiger partial charge in [0, 0.05) is 28.3 Å². The van der Waals surface area contributed by atoms with Crippen molar-refractivity contribution in [3.8, 4) is 33.9 Å². The molecule has 0 fully saturated rings. The molecular formula is C23H15NO4. The first-order valence-corrected chi connectivity index (χ1v) is 8.77. The van der Waals surface area contributed by atoms with Crippen LogP contribution in [0.15, 0.2) is 82.0 Å². The number of para-hydroxylation sites is 1. The number of furan rings is 1. The molecule has 5 aromatic rings. The normalized spacial score (nSPS) is 11.3. The highest BCUT2D eigenvalue weighted by Gasteiger charge is 2.17. The minimum absolute atomic E-state index is 0.130. The summed E-state index contributed by atoms with van der Waals surface area (Å²) in [4.78, 5) is 15.1. The molecule has 0 amide bonds. The highest BCUT2D eigenvalue weighted by Crippen LogP contribution is 2.40. The van der Waals surface area contributed by atoms with Gasteiger partial charge in [-0.25, -0.2) is 0 Å². The molecule has 0 bridgehead atoms. The van der Waals surface area contributed by atoms with Crippen LogP contribution >= 0.6 is 0 Å². The van der Waals surface area contributed by atoms with Crippen LogP contribution in [-0.4, -0.2) is 15.2 Å². The lowest BCUT2D eigenvalue weighted by molar-refractivity contribution is 0.475. The van der Waals surface area contributed by atoms with E-state index in [4.69, 9.17) is 4.42 Å². The van der Waals surface area contributed by atoms with E-state index < -0.39 is 0 Å². The molecule has 0 aliphatic heterocycles. The summed E-state index contributed by atoms with van der Waals surface area (Å²) in [6.45, 7) is 0. The van der Waals surface area contributed by atoms with Crippen LogP contribution in [0.2, 0.25) is 0 Å². The molecule has 0 spiro atoms. The SMILES string of the molecule is O=c1ccc2c(c1)oc1c(-c3ccccc3O)cc(-c3ccc(O)cc3)[nH]c12. The predicted octanol–water partition coefficient (Wildman–Crippen LogP) is 5.02. The molecular weight excluding hydrogens is 354 g/mol. The maximum Gasteiger partial charge on any atom is 0.182 e. The van der Waals surface area contributed by atoms with Crippen molar-refractivity contribution in [2.75, 3.05) is 0 Å². The number of phenolic OH excluding ortho intramolecular Hbond substituents is 2. The van der Waals surface area contributed by atoms with Gasteiger partial charge in [0.25, 0.3) is 0 Å². The van der Waals surface area contributed by atoms with E-state index in [2.05, 4.69) is 4.98 Å². The minimum atomic E-state index is -0.130. The average molecular weight is 369 g/mol. The van der Waals surface area contributed by atoms with E-state index in [-0.39, 0.29) is 16.9 Å². The summed E-state index contributed by atoms with van der Waals surface area (Å²) in [6.07, 6.45) is 0. The Morgan fingerprint density at radius 3 is 2.39 bits per heavy atom.